The van der Waals surface area contributed by atoms with Crippen LogP contribution in [0, 0.1) is 10.1 Å². The monoisotopic (exact) mass is 406 g/mol. The maximum absolute atomic E-state index is 11.9. The molecule has 2 amide bonds. The standard InChI is InChI=1S/C17H15ClN4O6/c1-2-28-14-5-3-4-10(15(14)23)9-19-21-17(25)16(24)20-11-6-7-12(18)13(8-11)22(26)27/h3-9,23H,2H2,1H3,(H,20,24)(H,21,25)/b19-9+. The number of nitrogens with one attached hydrogen (secondary N) is 2. The van der Waals surface area contributed by atoms with Gasteiger partial charge >= 0.3 is 11.8 Å². The van der Waals surface area contributed by atoms with Crippen molar-refractivity contribution in [3.05, 3.63) is 57.1 Å². The number of amides is 2. The molecule has 3 N–H and O–H groups in total. The van der Waals surface area contributed by atoms with E-state index in [2.05, 4.69) is 10.4 Å². The van der Waals surface area contributed by atoms with Gasteiger partial charge in [0.2, 0.25) is 0 Å². The lowest BCUT2D eigenvalue weighted by molar-refractivity contribution is -0.384. The van der Waals surface area contributed by atoms with Crippen LogP contribution in [0.4, 0.5) is 11.4 Å². The summed E-state index contributed by atoms with van der Waals surface area (Å²) in [6.45, 7) is 2.11. The Bertz CT molecular complexity index is 947. The summed E-state index contributed by atoms with van der Waals surface area (Å²) in [5, 5.41) is 26.5. The lowest BCUT2D eigenvalue weighted by atomic mass is 10.2. The zero-order valence-corrected chi connectivity index (χ0v) is 15.3. The summed E-state index contributed by atoms with van der Waals surface area (Å²) >= 11 is 5.68. The second-order valence-electron chi connectivity index (χ2n) is 5.20. The first-order valence-electron chi connectivity index (χ1n) is 7.86. The molecule has 28 heavy (non-hydrogen) atoms. The van der Waals surface area contributed by atoms with Gasteiger partial charge in [-0.15, -0.1) is 0 Å². The van der Waals surface area contributed by atoms with Crippen molar-refractivity contribution in [2.24, 2.45) is 5.10 Å². The van der Waals surface area contributed by atoms with Crippen LogP contribution < -0.4 is 15.5 Å². The molecule has 11 heteroatoms. The Morgan fingerprint density at radius 1 is 1.32 bits per heavy atom. The predicted octanol–water partition coefficient (Wildman–Crippen LogP) is 2.44. The number of rotatable bonds is 6. The van der Waals surface area contributed by atoms with Gasteiger partial charge < -0.3 is 15.2 Å². The number of phenols is 1. The minimum absolute atomic E-state index is 0.0160. The fourth-order valence-corrected chi connectivity index (χ4v) is 2.23. The van der Waals surface area contributed by atoms with E-state index in [1.165, 1.54) is 18.2 Å². The summed E-state index contributed by atoms with van der Waals surface area (Å²) < 4.78 is 5.22. The first-order valence-corrected chi connectivity index (χ1v) is 8.24. The largest absolute Gasteiger partial charge is 0.504 e. The highest BCUT2D eigenvalue weighted by atomic mass is 35.5. The van der Waals surface area contributed by atoms with Gasteiger partial charge in [0.05, 0.1) is 17.7 Å². The molecule has 146 valence electrons. The van der Waals surface area contributed by atoms with Gasteiger partial charge in [0.15, 0.2) is 11.5 Å². The maximum Gasteiger partial charge on any atom is 0.329 e. The predicted molar refractivity (Wildman–Crippen MR) is 102 cm³/mol. The van der Waals surface area contributed by atoms with E-state index in [9.17, 15) is 24.8 Å². The van der Waals surface area contributed by atoms with Crippen LogP contribution >= 0.6 is 11.6 Å². The lowest BCUT2D eigenvalue weighted by Crippen LogP contribution is -2.32. The van der Waals surface area contributed by atoms with Crippen molar-refractivity contribution in [2.45, 2.75) is 6.92 Å². The molecular weight excluding hydrogens is 392 g/mol. The van der Waals surface area contributed by atoms with Crippen LogP contribution in [-0.2, 0) is 9.59 Å². The Kier molecular flexibility index (Phi) is 6.88. The highest BCUT2D eigenvalue weighted by Crippen LogP contribution is 2.28. The van der Waals surface area contributed by atoms with Crippen molar-refractivity contribution in [3.8, 4) is 11.5 Å². The molecule has 0 atom stereocenters. The topological polar surface area (TPSA) is 143 Å². The van der Waals surface area contributed by atoms with Gasteiger partial charge in [-0.2, -0.15) is 5.10 Å². The van der Waals surface area contributed by atoms with E-state index in [0.29, 0.717) is 6.61 Å². The molecule has 0 aromatic heterocycles. The number of nitro groups is 1. The number of anilines is 1. The Hall–Kier alpha value is -3.66. The lowest BCUT2D eigenvalue weighted by Gasteiger charge is -2.07. The van der Waals surface area contributed by atoms with Crippen LogP contribution in [0.3, 0.4) is 0 Å². The van der Waals surface area contributed by atoms with Crippen molar-refractivity contribution >= 4 is 41.0 Å². The smallest absolute Gasteiger partial charge is 0.329 e. The minimum atomic E-state index is -1.12. The molecule has 0 aliphatic rings. The molecule has 0 fully saturated rings. The fraction of sp³-hybridized carbons (Fsp3) is 0.118. The van der Waals surface area contributed by atoms with Crippen LogP contribution in [0.25, 0.3) is 0 Å². The Morgan fingerprint density at radius 2 is 2.07 bits per heavy atom. The number of hydrogen-bond donors (Lipinski definition) is 3. The summed E-state index contributed by atoms with van der Waals surface area (Å²) in [6, 6.07) is 8.26. The Labute approximate surface area is 163 Å². The first-order chi connectivity index (χ1) is 13.3. The van der Waals surface area contributed by atoms with Crippen LogP contribution in [0.1, 0.15) is 12.5 Å². The number of phenolic OH excluding ortho intramolecular Hbond substituents is 1. The number of hydrazone groups is 1. The number of carbonyl (C=O) groups excluding carboxylic acids is 2. The van der Waals surface area contributed by atoms with E-state index in [1.807, 2.05) is 5.43 Å². The molecule has 0 saturated carbocycles. The normalized spacial score (nSPS) is 10.5. The highest BCUT2D eigenvalue weighted by Gasteiger charge is 2.17. The van der Waals surface area contributed by atoms with E-state index >= 15 is 0 Å². The van der Waals surface area contributed by atoms with Crippen LogP contribution in [0.15, 0.2) is 41.5 Å². The molecule has 0 spiro atoms. The van der Waals surface area contributed by atoms with E-state index in [-0.39, 0.29) is 27.8 Å². The van der Waals surface area contributed by atoms with E-state index in [0.717, 1.165) is 12.3 Å². The van der Waals surface area contributed by atoms with Gasteiger partial charge in [-0.25, -0.2) is 5.43 Å². The SMILES string of the molecule is CCOc1cccc(/C=N/NC(=O)C(=O)Nc2ccc(Cl)c([N+](=O)[O-])c2)c1O. The highest BCUT2D eigenvalue weighted by molar-refractivity contribution is 6.39. The van der Waals surface area contributed by atoms with E-state index < -0.39 is 22.4 Å². The number of ether oxygens (including phenoxy) is 1. The zero-order chi connectivity index (χ0) is 20.7. The molecule has 0 aliphatic carbocycles. The van der Waals surface area contributed by atoms with Crippen molar-refractivity contribution in [2.75, 3.05) is 11.9 Å². The fourth-order valence-electron chi connectivity index (χ4n) is 2.04. The third-order valence-corrected chi connectivity index (χ3v) is 3.63. The Balaban J connectivity index is 2.01. The van der Waals surface area contributed by atoms with Crippen LogP contribution in [0.5, 0.6) is 11.5 Å². The number of benzene rings is 2. The summed E-state index contributed by atoms with van der Waals surface area (Å²) in [6.07, 6.45) is 1.14. The molecule has 0 saturated heterocycles. The molecule has 0 aliphatic heterocycles. The number of para-hydroxylation sites is 1. The zero-order valence-electron chi connectivity index (χ0n) is 14.5. The van der Waals surface area contributed by atoms with Crippen molar-refractivity contribution < 1.29 is 24.4 Å². The van der Waals surface area contributed by atoms with Crippen molar-refractivity contribution in [3.63, 3.8) is 0 Å². The number of carbonyl (C=O) groups is 2. The number of aromatic hydroxyl groups is 1. The molecular formula is C17H15ClN4O6. The van der Waals surface area contributed by atoms with Gasteiger partial charge in [0, 0.05) is 17.3 Å². The minimum Gasteiger partial charge on any atom is -0.504 e. The summed E-state index contributed by atoms with van der Waals surface area (Å²) in [5.41, 5.74) is 1.85. The van der Waals surface area contributed by atoms with Crippen molar-refractivity contribution in [1.82, 2.24) is 5.43 Å². The van der Waals surface area contributed by atoms with Crippen molar-refractivity contribution in [1.29, 1.82) is 0 Å². The summed E-state index contributed by atoms with van der Waals surface area (Å²) in [4.78, 5) is 33.8. The Morgan fingerprint density at radius 3 is 2.75 bits per heavy atom. The third kappa shape index (κ3) is 5.17. The third-order valence-electron chi connectivity index (χ3n) is 3.31. The van der Waals surface area contributed by atoms with E-state index in [4.69, 9.17) is 16.3 Å². The molecule has 0 bridgehead atoms. The maximum atomic E-state index is 11.9. The summed E-state index contributed by atoms with van der Waals surface area (Å²) in [7, 11) is 0. The first kappa shape index (κ1) is 20.6. The van der Waals surface area contributed by atoms with Gasteiger partial charge in [-0.1, -0.05) is 17.7 Å². The molecule has 2 rings (SSSR count). The van der Waals surface area contributed by atoms with Gasteiger partial charge in [0.1, 0.15) is 5.02 Å². The summed E-state index contributed by atoms with van der Waals surface area (Å²) in [5.74, 6) is -2.13. The second kappa shape index (κ2) is 9.33. The molecule has 0 radical (unpaired) electrons. The molecule has 2 aromatic carbocycles. The van der Waals surface area contributed by atoms with Crippen LogP contribution in [0.2, 0.25) is 5.02 Å². The number of nitrogens with zero attached hydrogens (tertiary/aromatic N) is 2. The van der Waals surface area contributed by atoms with Gasteiger partial charge in [-0.05, 0) is 31.2 Å². The van der Waals surface area contributed by atoms with Gasteiger partial charge in [0.25, 0.3) is 5.69 Å². The number of halogens is 1. The average Bonchev–Trinajstić information content (AvgIpc) is 2.66. The molecule has 0 unspecified atom stereocenters. The quantitative estimate of drug-likeness (QED) is 0.291. The average molecular weight is 407 g/mol. The number of nitro benzene ring substituents is 1. The number of hydrogen-bond acceptors (Lipinski definition) is 7. The molecule has 2 aromatic rings. The van der Waals surface area contributed by atoms with Gasteiger partial charge in [-0.3, -0.25) is 19.7 Å². The van der Waals surface area contributed by atoms with E-state index in [1.54, 1.807) is 19.1 Å². The second-order valence-corrected chi connectivity index (χ2v) is 5.61. The molecule has 10 nitrogen and oxygen atoms in total. The van der Waals surface area contributed by atoms with Crippen LogP contribution in [-0.4, -0.2) is 34.7 Å². The molecule has 0 heterocycles.